The van der Waals surface area contributed by atoms with E-state index < -0.39 is 10.0 Å². The molecule has 1 saturated heterocycles. The fourth-order valence-electron chi connectivity index (χ4n) is 3.01. The summed E-state index contributed by atoms with van der Waals surface area (Å²) >= 11 is 1.39. The Balaban J connectivity index is 1.53. The molecule has 0 atom stereocenters. The van der Waals surface area contributed by atoms with Crippen LogP contribution in [0.25, 0.3) is 6.08 Å². The first-order valence-corrected chi connectivity index (χ1v) is 11.7. The van der Waals surface area contributed by atoms with Gasteiger partial charge in [0, 0.05) is 30.8 Å². The molecule has 1 amide bonds. The van der Waals surface area contributed by atoms with Gasteiger partial charge < -0.3 is 5.32 Å². The predicted octanol–water partition coefficient (Wildman–Crippen LogP) is 3.14. The summed E-state index contributed by atoms with van der Waals surface area (Å²) in [6.45, 7) is 2.73. The molecule has 0 saturated carbocycles. The number of hydrogen-bond acceptors (Lipinski definition) is 6. The van der Waals surface area contributed by atoms with Crippen molar-refractivity contribution in [3.63, 3.8) is 0 Å². The van der Waals surface area contributed by atoms with Gasteiger partial charge in [0.2, 0.25) is 21.1 Å². The van der Waals surface area contributed by atoms with Gasteiger partial charge >= 0.3 is 0 Å². The fourth-order valence-corrected chi connectivity index (χ4v) is 5.08. The summed E-state index contributed by atoms with van der Waals surface area (Å²) < 4.78 is 26.5. The van der Waals surface area contributed by atoms with E-state index in [1.165, 1.54) is 21.1 Å². The van der Waals surface area contributed by atoms with Crippen molar-refractivity contribution in [3.05, 3.63) is 46.3 Å². The molecule has 0 spiro atoms. The van der Waals surface area contributed by atoms with Crippen molar-refractivity contribution in [1.29, 1.82) is 0 Å². The maximum Gasteiger partial charge on any atom is 0.236 e. The number of amides is 1. The highest BCUT2D eigenvalue weighted by atomic mass is 32.2. The van der Waals surface area contributed by atoms with E-state index in [-0.39, 0.29) is 11.8 Å². The first kappa shape index (κ1) is 20.6. The van der Waals surface area contributed by atoms with Crippen molar-refractivity contribution in [2.75, 3.05) is 18.4 Å². The molecule has 7 nitrogen and oxygen atoms in total. The molecule has 28 heavy (non-hydrogen) atoms. The molecule has 1 aromatic heterocycles. The summed E-state index contributed by atoms with van der Waals surface area (Å²) in [7, 11) is -3.49. The van der Waals surface area contributed by atoms with Gasteiger partial charge in [0.25, 0.3) is 0 Å². The zero-order valence-electron chi connectivity index (χ0n) is 15.7. The third kappa shape index (κ3) is 5.46. The predicted molar refractivity (Wildman–Crippen MR) is 111 cm³/mol. The number of carbonyl (C=O) groups excluding carboxylic acids is 1. The number of sulfonamides is 1. The van der Waals surface area contributed by atoms with Gasteiger partial charge in [-0.25, -0.2) is 8.42 Å². The lowest BCUT2D eigenvalue weighted by atomic mass is 9.97. The molecule has 2 aromatic rings. The lowest BCUT2D eigenvalue weighted by molar-refractivity contribution is -0.120. The standard InChI is InChI=1S/C19H24N4O3S2/c1-2-6-17-21-22-19(27-17)20-18(24)16-9-12-23(13-10-16)28(25,26)14-11-15-7-4-3-5-8-15/h3-5,7-8,11,14,16H,2,6,9-10,12-13H2,1H3,(H,20,22,24)/b14-11+. The second-order valence-electron chi connectivity index (χ2n) is 6.67. The third-order valence-corrected chi connectivity index (χ3v) is 7.04. The molecule has 0 aliphatic carbocycles. The molecule has 2 heterocycles. The molecule has 150 valence electrons. The molecular weight excluding hydrogens is 396 g/mol. The van der Waals surface area contributed by atoms with Crippen molar-refractivity contribution in [2.45, 2.75) is 32.6 Å². The van der Waals surface area contributed by atoms with Crippen molar-refractivity contribution < 1.29 is 13.2 Å². The van der Waals surface area contributed by atoms with Gasteiger partial charge in [-0.1, -0.05) is 48.6 Å². The minimum Gasteiger partial charge on any atom is -0.300 e. The highest BCUT2D eigenvalue weighted by Gasteiger charge is 2.30. The molecule has 1 aliphatic rings. The first-order chi connectivity index (χ1) is 13.5. The van der Waals surface area contributed by atoms with Crippen molar-refractivity contribution in [2.24, 2.45) is 5.92 Å². The van der Waals surface area contributed by atoms with Gasteiger partial charge in [-0.05, 0) is 30.9 Å². The number of nitrogens with one attached hydrogen (secondary N) is 1. The molecule has 0 radical (unpaired) electrons. The van der Waals surface area contributed by atoms with E-state index in [4.69, 9.17) is 0 Å². The van der Waals surface area contributed by atoms with E-state index in [1.807, 2.05) is 30.3 Å². The van der Waals surface area contributed by atoms with Gasteiger partial charge in [0.1, 0.15) is 5.01 Å². The molecule has 1 fully saturated rings. The van der Waals surface area contributed by atoms with Crippen LogP contribution in [0.15, 0.2) is 35.7 Å². The molecule has 1 N–H and O–H groups in total. The van der Waals surface area contributed by atoms with Gasteiger partial charge in [-0.3, -0.25) is 4.79 Å². The summed E-state index contributed by atoms with van der Waals surface area (Å²) in [4.78, 5) is 12.4. The van der Waals surface area contributed by atoms with Crippen LogP contribution < -0.4 is 5.32 Å². The van der Waals surface area contributed by atoms with Crippen LogP contribution in [-0.4, -0.2) is 41.9 Å². The molecule has 0 bridgehead atoms. The van der Waals surface area contributed by atoms with E-state index in [0.29, 0.717) is 31.1 Å². The van der Waals surface area contributed by atoms with Gasteiger partial charge in [-0.2, -0.15) is 4.31 Å². The number of aromatic nitrogens is 2. The maximum absolute atomic E-state index is 12.5. The van der Waals surface area contributed by atoms with Crippen LogP contribution in [0.3, 0.4) is 0 Å². The van der Waals surface area contributed by atoms with Crippen LogP contribution in [0.4, 0.5) is 5.13 Å². The molecule has 3 rings (SSSR count). The molecule has 0 unspecified atom stereocenters. The quantitative estimate of drug-likeness (QED) is 0.743. The summed E-state index contributed by atoms with van der Waals surface area (Å²) in [5.41, 5.74) is 0.833. The summed E-state index contributed by atoms with van der Waals surface area (Å²) in [5, 5.41) is 13.5. The lowest BCUT2D eigenvalue weighted by Gasteiger charge is -2.29. The molecule has 1 aromatic carbocycles. The summed E-state index contributed by atoms with van der Waals surface area (Å²) in [5.74, 6) is -0.334. The Hall–Kier alpha value is -2.10. The Kier molecular flexibility index (Phi) is 6.93. The van der Waals surface area contributed by atoms with E-state index in [2.05, 4.69) is 22.4 Å². The van der Waals surface area contributed by atoms with Gasteiger partial charge in [-0.15, -0.1) is 10.2 Å². The average molecular weight is 421 g/mol. The highest BCUT2D eigenvalue weighted by Crippen LogP contribution is 2.23. The average Bonchev–Trinajstić information content (AvgIpc) is 3.14. The van der Waals surface area contributed by atoms with Crippen molar-refractivity contribution in [3.8, 4) is 0 Å². The summed E-state index contributed by atoms with van der Waals surface area (Å²) in [6, 6.07) is 9.30. The number of benzene rings is 1. The van der Waals surface area contributed by atoms with Crippen LogP contribution in [0, 0.1) is 5.92 Å². The van der Waals surface area contributed by atoms with E-state index in [9.17, 15) is 13.2 Å². The van der Waals surface area contributed by atoms with Crippen LogP contribution in [0.1, 0.15) is 36.8 Å². The number of rotatable bonds is 7. The zero-order chi connectivity index (χ0) is 20.0. The third-order valence-electron chi connectivity index (χ3n) is 4.58. The Morgan fingerprint density at radius 1 is 1.25 bits per heavy atom. The molecular formula is C19H24N4O3S2. The number of hydrogen-bond donors (Lipinski definition) is 1. The Morgan fingerprint density at radius 2 is 1.96 bits per heavy atom. The van der Waals surface area contributed by atoms with Crippen molar-refractivity contribution in [1.82, 2.24) is 14.5 Å². The highest BCUT2D eigenvalue weighted by molar-refractivity contribution is 7.92. The Morgan fingerprint density at radius 3 is 2.64 bits per heavy atom. The normalized spacial score (nSPS) is 16.5. The second kappa shape index (κ2) is 9.40. The Bertz CT molecular complexity index is 918. The lowest BCUT2D eigenvalue weighted by Crippen LogP contribution is -2.40. The molecule has 9 heteroatoms. The smallest absolute Gasteiger partial charge is 0.236 e. The second-order valence-corrected chi connectivity index (χ2v) is 9.55. The van der Waals surface area contributed by atoms with E-state index >= 15 is 0 Å². The number of anilines is 1. The SMILES string of the molecule is CCCc1nnc(NC(=O)C2CCN(S(=O)(=O)/C=C/c3ccccc3)CC2)s1. The van der Waals surface area contributed by atoms with Gasteiger partial charge in [0.05, 0.1) is 0 Å². The largest absolute Gasteiger partial charge is 0.300 e. The van der Waals surface area contributed by atoms with E-state index in [0.717, 1.165) is 23.4 Å². The first-order valence-electron chi connectivity index (χ1n) is 9.34. The Labute approximate surface area is 169 Å². The zero-order valence-corrected chi connectivity index (χ0v) is 17.4. The minimum atomic E-state index is -3.49. The van der Waals surface area contributed by atoms with Crippen LogP contribution in [0.5, 0.6) is 0 Å². The van der Waals surface area contributed by atoms with Crippen molar-refractivity contribution >= 4 is 38.5 Å². The number of nitrogens with zero attached hydrogens (tertiary/aromatic N) is 3. The number of aryl methyl sites for hydroxylation is 1. The van der Waals surface area contributed by atoms with Gasteiger partial charge in [0.15, 0.2) is 0 Å². The van der Waals surface area contributed by atoms with Crippen LogP contribution in [-0.2, 0) is 21.2 Å². The number of carbonyl (C=O) groups is 1. The minimum absolute atomic E-state index is 0.115. The van der Waals surface area contributed by atoms with Crippen LogP contribution in [0.2, 0.25) is 0 Å². The fraction of sp³-hybridized carbons (Fsp3) is 0.421. The monoisotopic (exact) mass is 420 g/mol. The number of piperidine rings is 1. The molecule has 1 aliphatic heterocycles. The summed E-state index contributed by atoms with van der Waals surface area (Å²) in [6.07, 6.45) is 4.40. The maximum atomic E-state index is 12.5. The topological polar surface area (TPSA) is 92.3 Å². The van der Waals surface area contributed by atoms with Crippen LogP contribution >= 0.6 is 11.3 Å². The van der Waals surface area contributed by atoms with E-state index in [1.54, 1.807) is 6.08 Å².